The number of ether oxygens (including phenoxy) is 3. The number of hydrogen-bond acceptors (Lipinski definition) is 7. The number of terminal acetylenes is 1. The quantitative estimate of drug-likeness (QED) is 0.272. The predicted molar refractivity (Wildman–Crippen MR) is 145 cm³/mol. The standard InChI is InChI=1S/C23H16I2N2O6S/c1-2-5-33-21-15(24)8-13(9-16(21)25)10-19-22(29)27(23(30)34-19)12-20(28)26-14-3-4-17-18(11-14)32-7-6-31-17/h1,3-4,8-11H,5-7,12H2,(H,26,28)/b19-10-. The normalized spacial score (nSPS) is 15.9. The van der Waals surface area contributed by atoms with E-state index in [1.165, 1.54) is 0 Å². The molecule has 1 fully saturated rings. The molecule has 1 saturated heterocycles. The third-order valence-electron chi connectivity index (χ3n) is 4.62. The van der Waals surface area contributed by atoms with Gasteiger partial charge in [-0.25, -0.2) is 0 Å². The second kappa shape index (κ2) is 10.9. The molecule has 0 saturated carbocycles. The Morgan fingerprint density at radius 3 is 2.59 bits per heavy atom. The molecule has 2 aliphatic rings. The fourth-order valence-corrected chi connectivity index (χ4v) is 6.13. The molecule has 2 aromatic carbocycles. The zero-order valence-corrected chi connectivity index (χ0v) is 22.6. The lowest BCUT2D eigenvalue weighted by molar-refractivity contribution is -0.127. The molecule has 0 radical (unpaired) electrons. The fraction of sp³-hybridized carbons (Fsp3) is 0.174. The summed E-state index contributed by atoms with van der Waals surface area (Å²) < 4.78 is 18.2. The van der Waals surface area contributed by atoms with E-state index in [9.17, 15) is 14.4 Å². The largest absolute Gasteiger partial charge is 0.486 e. The summed E-state index contributed by atoms with van der Waals surface area (Å²) in [5.41, 5.74) is 1.21. The topological polar surface area (TPSA) is 94.2 Å². The molecule has 0 bridgehead atoms. The van der Waals surface area contributed by atoms with Crippen molar-refractivity contribution in [2.45, 2.75) is 0 Å². The zero-order valence-electron chi connectivity index (χ0n) is 17.4. The molecule has 0 spiro atoms. The number of carbonyl (C=O) groups excluding carboxylic acids is 3. The van der Waals surface area contributed by atoms with Gasteiger partial charge in [0.1, 0.15) is 32.1 Å². The molecule has 1 N–H and O–H groups in total. The number of fused-ring (bicyclic) bond motifs is 1. The Bertz CT molecular complexity index is 1230. The van der Waals surface area contributed by atoms with Gasteiger partial charge in [0.05, 0.1) is 12.0 Å². The van der Waals surface area contributed by atoms with Crippen molar-refractivity contribution in [2.75, 3.05) is 31.7 Å². The number of rotatable bonds is 6. The maximum absolute atomic E-state index is 12.8. The molecular formula is C23H16I2N2O6S. The molecule has 4 rings (SSSR count). The van der Waals surface area contributed by atoms with E-state index in [-0.39, 0.29) is 11.5 Å². The van der Waals surface area contributed by atoms with E-state index < -0.39 is 23.6 Å². The van der Waals surface area contributed by atoms with Crippen LogP contribution in [0.4, 0.5) is 10.5 Å². The number of imide groups is 1. The average Bonchev–Trinajstić information content (AvgIpc) is 3.05. The van der Waals surface area contributed by atoms with Crippen molar-refractivity contribution in [2.24, 2.45) is 0 Å². The summed E-state index contributed by atoms with van der Waals surface area (Å²) in [6, 6.07) is 8.66. The fourth-order valence-electron chi connectivity index (χ4n) is 3.17. The van der Waals surface area contributed by atoms with E-state index in [1.807, 2.05) is 12.1 Å². The Kier molecular flexibility index (Phi) is 7.89. The van der Waals surface area contributed by atoms with Gasteiger partial charge in [-0.2, -0.15) is 0 Å². The van der Waals surface area contributed by atoms with Gasteiger partial charge in [-0.05, 0) is 92.8 Å². The molecule has 2 aromatic rings. The molecule has 3 amide bonds. The lowest BCUT2D eigenvalue weighted by atomic mass is 10.2. The van der Waals surface area contributed by atoms with Crippen molar-refractivity contribution in [1.82, 2.24) is 4.90 Å². The molecular weight excluding hydrogens is 686 g/mol. The van der Waals surface area contributed by atoms with E-state index >= 15 is 0 Å². The molecule has 174 valence electrons. The van der Waals surface area contributed by atoms with Gasteiger partial charge in [-0.3, -0.25) is 19.3 Å². The number of nitrogens with one attached hydrogen (secondary N) is 1. The summed E-state index contributed by atoms with van der Waals surface area (Å²) in [5.74, 6) is 3.19. The Morgan fingerprint density at radius 1 is 1.18 bits per heavy atom. The number of hydrogen-bond donors (Lipinski definition) is 1. The summed E-state index contributed by atoms with van der Waals surface area (Å²) >= 11 is 5.04. The third-order valence-corrected chi connectivity index (χ3v) is 7.13. The van der Waals surface area contributed by atoms with Crippen LogP contribution in [0, 0.1) is 19.5 Å². The minimum atomic E-state index is -0.523. The molecule has 0 aromatic heterocycles. The van der Waals surface area contributed by atoms with E-state index in [4.69, 9.17) is 20.6 Å². The van der Waals surface area contributed by atoms with Crippen LogP contribution in [0.3, 0.4) is 0 Å². The van der Waals surface area contributed by atoms with Crippen LogP contribution < -0.4 is 19.5 Å². The van der Waals surface area contributed by atoms with Crippen LogP contribution in [0.25, 0.3) is 6.08 Å². The first-order valence-electron chi connectivity index (χ1n) is 9.86. The number of amides is 3. The highest BCUT2D eigenvalue weighted by Crippen LogP contribution is 2.35. The first kappa shape index (κ1) is 24.7. The number of anilines is 1. The maximum Gasteiger partial charge on any atom is 0.294 e. The minimum Gasteiger partial charge on any atom is -0.486 e. The van der Waals surface area contributed by atoms with Gasteiger partial charge in [0.15, 0.2) is 11.5 Å². The summed E-state index contributed by atoms with van der Waals surface area (Å²) in [6.45, 7) is 0.641. The molecule has 11 heteroatoms. The summed E-state index contributed by atoms with van der Waals surface area (Å²) in [4.78, 5) is 38.9. The van der Waals surface area contributed by atoms with Crippen LogP contribution in [0.1, 0.15) is 5.56 Å². The second-order valence-corrected chi connectivity index (χ2v) is 10.3. The van der Waals surface area contributed by atoms with Crippen LogP contribution in [0.5, 0.6) is 17.2 Å². The lowest BCUT2D eigenvalue weighted by Crippen LogP contribution is -2.36. The smallest absolute Gasteiger partial charge is 0.294 e. The minimum absolute atomic E-state index is 0.151. The van der Waals surface area contributed by atoms with Crippen molar-refractivity contribution < 1.29 is 28.6 Å². The van der Waals surface area contributed by atoms with Crippen LogP contribution >= 0.6 is 56.9 Å². The van der Waals surface area contributed by atoms with Gasteiger partial charge < -0.3 is 19.5 Å². The van der Waals surface area contributed by atoms with Gasteiger partial charge in [-0.15, -0.1) is 6.42 Å². The number of carbonyl (C=O) groups is 3. The van der Waals surface area contributed by atoms with E-state index in [1.54, 1.807) is 24.3 Å². The van der Waals surface area contributed by atoms with Crippen molar-refractivity contribution in [3.05, 3.63) is 47.9 Å². The third kappa shape index (κ3) is 5.61. The molecule has 0 aliphatic carbocycles. The Labute approximate surface area is 227 Å². The average molecular weight is 702 g/mol. The van der Waals surface area contributed by atoms with Gasteiger partial charge in [0.2, 0.25) is 5.91 Å². The first-order chi connectivity index (χ1) is 16.4. The van der Waals surface area contributed by atoms with Crippen LogP contribution in [-0.4, -0.2) is 48.3 Å². The molecule has 2 heterocycles. The Hall–Kier alpha value is -2.44. The number of benzene rings is 2. The highest BCUT2D eigenvalue weighted by molar-refractivity contribution is 14.1. The summed E-state index contributed by atoms with van der Waals surface area (Å²) in [5, 5.41) is 2.18. The molecule has 0 atom stereocenters. The SMILES string of the molecule is C#CCOc1c(I)cc(/C=C2\SC(=O)N(CC(=O)Nc3ccc4c(c3)OCCO4)C2=O)cc1I. The monoisotopic (exact) mass is 702 g/mol. The molecule has 8 nitrogen and oxygen atoms in total. The molecule has 0 unspecified atom stereocenters. The number of halogens is 2. The van der Waals surface area contributed by atoms with Crippen molar-refractivity contribution in [3.63, 3.8) is 0 Å². The van der Waals surface area contributed by atoms with Crippen molar-refractivity contribution >= 4 is 85.8 Å². The zero-order chi connectivity index (χ0) is 24.2. The van der Waals surface area contributed by atoms with E-state index in [0.29, 0.717) is 36.1 Å². The first-order valence-corrected chi connectivity index (χ1v) is 12.8. The number of thioether (sulfide) groups is 1. The van der Waals surface area contributed by atoms with Gasteiger partial charge in [0.25, 0.3) is 11.1 Å². The predicted octanol–water partition coefficient (Wildman–Crippen LogP) is 4.35. The Morgan fingerprint density at radius 2 is 1.88 bits per heavy atom. The highest BCUT2D eigenvalue weighted by atomic mass is 127. The highest BCUT2D eigenvalue weighted by Gasteiger charge is 2.36. The second-order valence-electron chi connectivity index (χ2n) is 6.98. The van der Waals surface area contributed by atoms with E-state index in [2.05, 4.69) is 56.4 Å². The van der Waals surface area contributed by atoms with Crippen LogP contribution in [0.2, 0.25) is 0 Å². The summed E-state index contributed by atoms with van der Waals surface area (Å²) in [6.07, 6.45) is 6.88. The maximum atomic E-state index is 12.8. The Balaban J connectivity index is 1.44. The lowest BCUT2D eigenvalue weighted by Gasteiger charge is -2.19. The van der Waals surface area contributed by atoms with Gasteiger partial charge in [0, 0.05) is 11.8 Å². The van der Waals surface area contributed by atoms with Crippen molar-refractivity contribution in [1.29, 1.82) is 0 Å². The number of nitrogens with zero attached hydrogens (tertiary/aromatic N) is 1. The summed E-state index contributed by atoms with van der Waals surface area (Å²) in [7, 11) is 0. The van der Waals surface area contributed by atoms with Crippen molar-refractivity contribution in [3.8, 4) is 29.6 Å². The van der Waals surface area contributed by atoms with E-state index in [0.717, 1.165) is 29.4 Å². The molecule has 34 heavy (non-hydrogen) atoms. The van der Waals surface area contributed by atoms with Crippen LogP contribution in [0.15, 0.2) is 35.2 Å². The van der Waals surface area contributed by atoms with Gasteiger partial charge >= 0.3 is 0 Å². The van der Waals surface area contributed by atoms with Gasteiger partial charge in [-0.1, -0.05) is 5.92 Å². The molecule has 2 aliphatic heterocycles. The van der Waals surface area contributed by atoms with Crippen LogP contribution in [-0.2, 0) is 9.59 Å².